The normalized spacial score (nSPS) is 14.7. The number of carboxylic acid groups (broad SMARTS) is 2. The molecule has 2 atom stereocenters. The standard InChI is InChI=1S/C8H14FNO4/c9-5(2-4-7(11)12)1-3-6(10)8(13)14/h5-6H,1-4,10H2,(H,11,12)(H,13,14)/t5-,6+/m0/s1/i9-1. The number of hydrogen-bond acceptors (Lipinski definition) is 3. The molecule has 0 aromatic carbocycles. The third kappa shape index (κ3) is 6.36. The molecule has 0 fully saturated rings. The van der Waals surface area contributed by atoms with E-state index in [9.17, 15) is 14.0 Å². The zero-order chi connectivity index (χ0) is 11.1. The van der Waals surface area contributed by atoms with Crippen molar-refractivity contribution in [3.05, 3.63) is 0 Å². The highest BCUT2D eigenvalue weighted by molar-refractivity contribution is 5.72. The topological polar surface area (TPSA) is 101 Å². The number of hydrogen-bond donors (Lipinski definition) is 3. The molecule has 0 spiro atoms. The highest BCUT2D eigenvalue weighted by atomic mass is 18.2. The maximum Gasteiger partial charge on any atom is 0.320 e. The Morgan fingerprint density at radius 3 is 2.21 bits per heavy atom. The van der Waals surface area contributed by atoms with Crippen molar-refractivity contribution in [1.29, 1.82) is 0 Å². The van der Waals surface area contributed by atoms with Crippen molar-refractivity contribution in [2.45, 2.75) is 37.9 Å². The number of carbonyl (C=O) groups is 2. The van der Waals surface area contributed by atoms with Crippen molar-refractivity contribution in [2.75, 3.05) is 0 Å². The van der Waals surface area contributed by atoms with Crippen LogP contribution in [0.4, 0.5) is 4.39 Å². The predicted octanol–water partition coefficient (Wildman–Crippen LogP) is 0.381. The Balaban J connectivity index is 3.58. The first-order valence-electron chi connectivity index (χ1n) is 4.27. The average molecular weight is 206 g/mol. The van der Waals surface area contributed by atoms with Crippen molar-refractivity contribution < 1.29 is 24.2 Å². The van der Waals surface area contributed by atoms with Gasteiger partial charge in [-0.05, 0) is 19.3 Å². The Labute approximate surface area is 80.7 Å². The first-order chi connectivity index (χ1) is 6.43. The Hall–Kier alpha value is -1.17. The van der Waals surface area contributed by atoms with Gasteiger partial charge in [0.05, 0.1) is 0 Å². The first kappa shape index (κ1) is 12.8. The molecule has 0 aliphatic carbocycles. The van der Waals surface area contributed by atoms with Crippen LogP contribution < -0.4 is 5.73 Å². The SMILES string of the molecule is N[C@H](CC[C@H]([18F])CCC(=O)O)C(=O)O. The van der Waals surface area contributed by atoms with Gasteiger partial charge < -0.3 is 15.9 Å². The summed E-state index contributed by atoms with van der Waals surface area (Å²) in [7, 11) is 0. The minimum absolute atomic E-state index is 0.0131. The van der Waals surface area contributed by atoms with Gasteiger partial charge in [-0.25, -0.2) is 4.39 Å². The number of nitrogens with two attached hydrogens (primary N) is 1. The smallest absolute Gasteiger partial charge is 0.320 e. The van der Waals surface area contributed by atoms with Crippen molar-refractivity contribution in [3.63, 3.8) is 0 Å². The van der Waals surface area contributed by atoms with Gasteiger partial charge in [-0.1, -0.05) is 0 Å². The van der Waals surface area contributed by atoms with Crippen LogP contribution in [0.2, 0.25) is 0 Å². The van der Waals surface area contributed by atoms with Gasteiger partial charge in [0, 0.05) is 6.42 Å². The van der Waals surface area contributed by atoms with Gasteiger partial charge in [0.1, 0.15) is 12.2 Å². The number of aliphatic carboxylic acids is 2. The van der Waals surface area contributed by atoms with E-state index < -0.39 is 24.2 Å². The fourth-order valence-electron chi connectivity index (χ4n) is 0.908. The van der Waals surface area contributed by atoms with E-state index in [1.54, 1.807) is 0 Å². The molecule has 0 saturated heterocycles. The molecule has 82 valence electrons. The Kier molecular flexibility index (Phi) is 5.78. The molecule has 0 aliphatic rings. The van der Waals surface area contributed by atoms with Crippen LogP contribution in [-0.2, 0) is 9.59 Å². The molecular weight excluding hydrogens is 192 g/mol. The minimum atomic E-state index is -1.29. The van der Waals surface area contributed by atoms with E-state index in [1.807, 2.05) is 0 Å². The van der Waals surface area contributed by atoms with Crippen LogP contribution in [-0.4, -0.2) is 34.4 Å². The molecule has 0 heterocycles. The summed E-state index contributed by atoms with van der Waals surface area (Å²) in [5.74, 6) is -2.23. The summed E-state index contributed by atoms with van der Waals surface area (Å²) in [5.41, 5.74) is 5.14. The zero-order valence-electron chi connectivity index (χ0n) is 7.65. The maximum absolute atomic E-state index is 12.9. The van der Waals surface area contributed by atoms with Crippen LogP contribution in [0.5, 0.6) is 0 Å². The van der Waals surface area contributed by atoms with Crippen molar-refractivity contribution >= 4 is 11.9 Å². The summed E-state index contributed by atoms with van der Waals surface area (Å²) < 4.78 is 12.9. The van der Waals surface area contributed by atoms with E-state index in [2.05, 4.69) is 0 Å². The summed E-state index contributed by atoms with van der Waals surface area (Å²) in [6.07, 6.45) is -1.63. The van der Waals surface area contributed by atoms with Crippen LogP contribution in [0.25, 0.3) is 0 Å². The molecule has 6 heteroatoms. The predicted molar refractivity (Wildman–Crippen MR) is 46.6 cm³/mol. The lowest BCUT2D eigenvalue weighted by Gasteiger charge is -2.08. The lowest BCUT2D eigenvalue weighted by molar-refractivity contribution is -0.139. The van der Waals surface area contributed by atoms with Gasteiger partial charge in [0.25, 0.3) is 0 Å². The second-order valence-electron chi connectivity index (χ2n) is 3.05. The first-order valence-corrected chi connectivity index (χ1v) is 4.27. The number of alkyl halides is 1. The minimum Gasteiger partial charge on any atom is -0.481 e. The van der Waals surface area contributed by atoms with E-state index in [1.165, 1.54) is 0 Å². The summed E-state index contributed by atoms with van der Waals surface area (Å²) >= 11 is 0. The fourth-order valence-corrected chi connectivity index (χ4v) is 0.908. The molecule has 0 saturated carbocycles. The van der Waals surface area contributed by atoms with Gasteiger partial charge in [-0.2, -0.15) is 0 Å². The van der Waals surface area contributed by atoms with Gasteiger partial charge in [0.2, 0.25) is 0 Å². The lowest BCUT2D eigenvalue weighted by atomic mass is 10.1. The Morgan fingerprint density at radius 2 is 1.79 bits per heavy atom. The average Bonchev–Trinajstić information content (AvgIpc) is 2.10. The van der Waals surface area contributed by atoms with Crippen molar-refractivity contribution in [1.82, 2.24) is 0 Å². The Bertz CT molecular complexity index is 210. The van der Waals surface area contributed by atoms with E-state index in [-0.39, 0.29) is 25.7 Å². The number of carboxylic acids is 2. The molecule has 0 bridgehead atoms. The third-order valence-corrected chi connectivity index (χ3v) is 1.78. The molecule has 0 unspecified atom stereocenters. The Morgan fingerprint density at radius 1 is 1.21 bits per heavy atom. The van der Waals surface area contributed by atoms with Gasteiger partial charge in [-0.15, -0.1) is 0 Å². The molecule has 0 aromatic rings. The second-order valence-corrected chi connectivity index (χ2v) is 3.05. The zero-order valence-corrected chi connectivity index (χ0v) is 7.65. The van der Waals surface area contributed by atoms with Gasteiger partial charge in [0.15, 0.2) is 0 Å². The highest BCUT2D eigenvalue weighted by Crippen LogP contribution is 2.10. The highest BCUT2D eigenvalue weighted by Gasteiger charge is 2.15. The van der Waals surface area contributed by atoms with Crippen LogP contribution in [0.3, 0.4) is 0 Å². The van der Waals surface area contributed by atoms with Crippen LogP contribution in [0, 0.1) is 0 Å². The summed E-state index contributed by atoms with van der Waals surface area (Å²) in [4.78, 5) is 20.3. The van der Waals surface area contributed by atoms with Crippen molar-refractivity contribution in [2.24, 2.45) is 5.73 Å². The molecule has 4 N–H and O–H groups in total. The largest absolute Gasteiger partial charge is 0.481 e. The van der Waals surface area contributed by atoms with E-state index in [4.69, 9.17) is 15.9 Å². The monoisotopic (exact) mass is 206 g/mol. The molecule has 0 aromatic heterocycles. The molecule has 0 aliphatic heterocycles. The molecule has 14 heavy (non-hydrogen) atoms. The summed E-state index contributed by atoms with van der Waals surface area (Å²) in [6.45, 7) is 0. The summed E-state index contributed by atoms with van der Waals surface area (Å²) in [6, 6.07) is -1.07. The molecule has 5 nitrogen and oxygen atoms in total. The molecule has 0 amide bonds. The fraction of sp³-hybridized carbons (Fsp3) is 0.750. The van der Waals surface area contributed by atoms with Crippen LogP contribution in [0.1, 0.15) is 25.7 Å². The number of rotatable bonds is 7. The van der Waals surface area contributed by atoms with E-state index >= 15 is 0 Å². The number of halogens is 1. The van der Waals surface area contributed by atoms with E-state index in [0.29, 0.717) is 0 Å². The second kappa shape index (κ2) is 6.31. The van der Waals surface area contributed by atoms with Crippen LogP contribution in [0.15, 0.2) is 0 Å². The molecular formula is C8H14FNO4. The maximum atomic E-state index is 12.9. The summed E-state index contributed by atoms with van der Waals surface area (Å²) in [5, 5.41) is 16.6. The van der Waals surface area contributed by atoms with Gasteiger partial charge >= 0.3 is 11.9 Å². The van der Waals surface area contributed by atoms with E-state index in [0.717, 1.165) is 0 Å². The van der Waals surface area contributed by atoms with Crippen LogP contribution >= 0.6 is 0 Å². The third-order valence-electron chi connectivity index (χ3n) is 1.78. The lowest BCUT2D eigenvalue weighted by Crippen LogP contribution is -2.30. The molecule has 0 radical (unpaired) electrons. The quantitative estimate of drug-likeness (QED) is 0.559. The van der Waals surface area contributed by atoms with Crippen molar-refractivity contribution in [3.8, 4) is 0 Å². The van der Waals surface area contributed by atoms with Gasteiger partial charge in [-0.3, -0.25) is 9.59 Å². The molecule has 0 rings (SSSR count).